The van der Waals surface area contributed by atoms with Crippen LogP contribution in [0.3, 0.4) is 0 Å². The number of hydrogen-bond donors (Lipinski definition) is 1. The minimum atomic E-state index is 0.00324. The molecule has 1 aromatic carbocycles. The first kappa shape index (κ1) is 11.3. The number of nitrogen functional groups attached to an aromatic ring is 1. The lowest BCUT2D eigenvalue weighted by atomic mass is 10.1. The topological polar surface area (TPSA) is 43.8 Å². The molecule has 2 rings (SSSR count). The monoisotopic (exact) mass is 255 g/mol. The quantitative estimate of drug-likeness (QED) is 0.895. The molecule has 2 aromatic rings. The van der Waals surface area contributed by atoms with Gasteiger partial charge in [0.2, 0.25) is 0 Å². The Bertz CT molecular complexity index is 508. The highest BCUT2D eigenvalue weighted by molar-refractivity contribution is 6.33. The van der Waals surface area contributed by atoms with Crippen molar-refractivity contribution in [2.24, 2.45) is 0 Å². The molecule has 1 heterocycles. The number of anilines is 1. The van der Waals surface area contributed by atoms with E-state index < -0.39 is 0 Å². The Balaban J connectivity index is 2.40. The maximum Gasteiger partial charge on any atom is 0.0756 e. The Morgan fingerprint density at radius 1 is 1.38 bits per heavy atom. The van der Waals surface area contributed by atoms with Gasteiger partial charge in [0.05, 0.1) is 17.9 Å². The van der Waals surface area contributed by atoms with E-state index in [1.165, 1.54) is 0 Å². The van der Waals surface area contributed by atoms with Gasteiger partial charge in [0.15, 0.2) is 0 Å². The molecule has 0 amide bonds. The lowest BCUT2D eigenvalue weighted by molar-refractivity contribution is 0.565. The fraction of sp³-hybridized carbons (Fsp3) is 0.182. The van der Waals surface area contributed by atoms with Crippen LogP contribution in [0.15, 0.2) is 30.6 Å². The average molecular weight is 256 g/mol. The molecule has 2 N–H and O–H groups in total. The molecule has 0 unspecified atom stereocenters. The van der Waals surface area contributed by atoms with Crippen molar-refractivity contribution in [3.05, 3.63) is 46.2 Å². The lowest BCUT2D eigenvalue weighted by Crippen LogP contribution is -2.07. The van der Waals surface area contributed by atoms with Gasteiger partial charge in [-0.3, -0.25) is 4.68 Å². The molecular weight excluding hydrogens is 245 g/mol. The molecule has 0 aliphatic heterocycles. The van der Waals surface area contributed by atoms with Crippen LogP contribution < -0.4 is 5.73 Å². The van der Waals surface area contributed by atoms with E-state index in [4.69, 9.17) is 28.9 Å². The second kappa shape index (κ2) is 4.36. The highest BCUT2D eigenvalue weighted by atomic mass is 35.5. The molecule has 0 spiro atoms. The third kappa shape index (κ3) is 2.15. The zero-order valence-corrected chi connectivity index (χ0v) is 10.2. The lowest BCUT2D eigenvalue weighted by Gasteiger charge is -2.14. The van der Waals surface area contributed by atoms with Crippen LogP contribution in [0.1, 0.15) is 18.5 Å². The Labute approximate surface area is 104 Å². The van der Waals surface area contributed by atoms with Crippen molar-refractivity contribution in [1.82, 2.24) is 9.78 Å². The minimum Gasteiger partial charge on any atom is -0.396 e. The highest BCUT2D eigenvalue weighted by Gasteiger charge is 2.12. The van der Waals surface area contributed by atoms with Crippen LogP contribution in [-0.4, -0.2) is 9.78 Å². The molecule has 1 atom stereocenters. The van der Waals surface area contributed by atoms with Crippen molar-refractivity contribution >= 4 is 28.9 Å². The standard InChI is InChI=1S/C11H11Cl2N3/c1-7(16-6-9(14)5-15-16)10-4-8(12)2-3-11(10)13/h2-7H,14H2,1H3/t7-/m0/s1. The number of halogens is 2. The van der Waals surface area contributed by atoms with E-state index in [0.29, 0.717) is 15.7 Å². The molecule has 84 valence electrons. The van der Waals surface area contributed by atoms with Gasteiger partial charge >= 0.3 is 0 Å². The third-order valence-corrected chi connectivity index (χ3v) is 3.01. The number of nitrogens with two attached hydrogens (primary N) is 1. The van der Waals surface area contributed by atoms with Crippen molar-refractivity contribution in [3.8, 4) is 0 Å². The van der Waals surface area contributed by atoms with Gasteiger partial charge < -0.3 is 5.73 Å². The zero-order valence-electron chi connectivity index (χ0n) is 8.69. The van der Waals surface area contributed by atoms with Crippen LogP contribution in [0.2, 0.25) is 10.0 Å². The first-order valence-electron chi connectivity index (χ1n) is 4.82. The Hall–Kier alpha value is -1.19. The van der Waals surface area contributed by atoms with Gasteiger partial charge in [-0.1, -0.05) is 23.2 Å². The fourth-order valence-corrected chi connectivity index (χ4v) is 2.00. The van der Waals surface area contributed by atoms with Crippen molar-refractivity contribution < 1.29 is 0 Å². The average Bonchev–Trinajstić information content (AvgIpc) is 2.67. The summed E-state index contributed by atoms with van der Waals surface area (Å²) in [5, 5.41) is 5.48. The molecule has 0 bridgehead atoms. The summed E-state index contributed by atoms with van der Waals surface area (Å²) in [6, 6.07) is 5.38. The van der Waals surface area contributed by atoms with Crippen LogP contribution in [0.5, 0.6) is 0 Å². The Morgan fingerprint density at radius 2 is 2.12 bits per heavy atom. The summed E-state index contributed by atoms with van der Waals surface area (Å²) in [5.74, 6) is 0. The fourth-order valence-electron chi connectivity index (χ4n) is 1.54. The van der Waals surface area contributed by atoms with Crippen LogP contribution in [0, 0.1) is 0 Å². The van der Waals surface area contributed by atoms with E-state index in [2.05, 4.69) is 5.10 Å². The first-order chi connectivity index (χ1) is 7.58. The molecule has 0 saturated heterocycles. The summed E-state index contributed by atoms with van der Waals surface area (Å²) in [5.41, 5.74) is 7.18. The number of rotatable bonds is 2. The van der Waals surface area contributed by atoms with Crippen LogP contribution in [0.4, 0.5) is 5.69 Å². The summed E-state index contributed by atoms with van der Waals surface area (Å²) in [6.45, 7) is 1.99. The van der Waals surface area contributed by atoms with Crippen molar-refractivity contribution in [1.29, 1.82) is 0 Å². The van der Waals surface area contributed by atoms with Gasteiger partial charge in [0.1, 0.15) is 0 Å². The number of benzene rings is 1. The molecule has 16 heavy (non-hydrogen) atoms. The molecule has 5 heteroatoms. The number of nitrogens with zero attached hydrogens (tertiary/aromatic N) is 2. The third-order valence-electron chi connectivity index (χ3n) is 2.43. The molecular formula is C11H11Cl2N3. The minimum absolute atomic E-state index is 0.00324. The molecule has 0 fully saturated rings. The summed E-state index contributed by atoms with van der Waals surface area (Å²) in [7, 11) is 0. The molecule has 0 aliphatic rings. The zero-order chi connectivity index (χ0) is 11.7. The number of aromatic nitrogens is 2. The summed E-state index contributed by atoms with van der Waals surface area (Å²) >= 11 is 12.1. The van der Waals surface area contributed by atoms with E-state index >= 15 is 0 Å². The molecule has 0 saturated carbocycles. The van der Waals surface area contributed by atoms with E-state index in [-0.39, 0.29) is 6.04 Å². The van der Waals surface area contributed by atoms with Crippen molar-refractivity contribution in [3.63, 3.8) is 0 Å². The largest absolute Gasteiger partial charge is 0.396 e. The van der Waals surface area contributed by atoms with Gasteiger partial charge in [0, 0.05) is 16.2 Å². The van der Waals surface area contributed by atoms with E-state index in [1.54, 1.807) is 29.2 Å². The molecule has 1 aromatic heterocycles. The summed E-state index contributed by atoms with van der Waals surface area (Å²) < 4.78 is 1.76. The molecule has 0 radical (unpaired) electrons. The van der Waals surface area contributed by atoms with E-state index in [1.807, 2.05) is 13.0 Å². The molecule has 3 nitrogen and oxygen atoms in total. The van der Waals surface area contributed by atoms with Crippen LogP contribution in [0.25, 0.3) is 0 Å². The van der Waals surface area contributed by atoms with Crippen molar-refractivity contribution in [2.45, 2.75) is 13.0 Å². The van der Waals surface area contributed by atoms with Gasteiger partial charge in [-0.15, -0.1) is 0 Å². The number of hydrogen-bond acceptors (Lipinski definition) is 2. The molecule has 0 aliphatic carbocycles. The van der Waals surface area contributed by atoms with E-state index in [0.717, 1.165) is 5.56 Å². The summed E-state index contributed by atoms with van der Waals surface area (Å²) in [4.78, 5) is 0. The predicted molar refractivity (Wildman–Crippen MR) is 66.9 cm³/mol. The second-order valence-electron chi connectivity index (χ2n) is 3.60. The predicted octanol–water partition coefficient (Wildman–Crippen LogP) is 3.38. The van der Waals surface area contributed by atoms with Crippen LogP contribution in [-0.2, 0) is 0 Å². The van der Waals surface area contributed by atoms with Gasteiger partial charge in [-0.25, -0.2) is 0 Å². The smallest absolute Gasteiger partial charge is 0.0756 e. The highest BCUT2D eigenvalue weighted by Crippen LogP contribution is 2.28. The normalized spacial score (nSPS) is 12.7. The maximum atomic E-state index is 6.12. The Morgan fingerprint density at radius 3 is 2.75 bits per heavy atom. The van der Waals surface area contributed by atoms with Gasteiger partial charge in [0.25, 0.3) is 0 Å². The van der Waals surface area contributed by atoms with E-state index in [9.17, 15) is 0 Å². The summed E-state index contributed by atoms with van der Waals surface area (Å²) in [6.07, 6.45) is 3.37. The van der Waals surface area contributed by atoms with Gasteiger partial charge in [-0.05, 0) is 30.7 Å². The second-order valence-corrected chi connectivity index (χ2v) is 4.44. The Kier molecular flexibility index (Phi) is 3.08. The maximum absolute atomic E-state index is 6.12. The SMILES string of the molecule is C[C@@H](c1cc(Cl)ccc1Cl)n1cc(N)cn1. The van der Waals surface area contributed by atoms with Gasteiger partial charge in [-0.2, -0.15) is 5.10 Å². The van der Waals surface area contributed by atoms with Crippen LogP contribution >= 0.6 is 23.2 Å². The van der Waals surface area contributed by atoms with Crippen molar-refractivity contribution in [2.75, 3.05) is 5.73 Å². The first-order valence-corrected chi connectivity index (χ1v) is 5.58.